The summed E-state index contributed by atoms with van der Waals surface area (Å²) >= 11 is 1.35. The minimum atomic E-state index is -0.829. The van der Waals surface area contributed by atoms with E-state index < -0.39 is 5.97 Å². The third kappa shape index (κ3) is 3.19. The van der Waals surface area contributed by atoms with E-state index in [0.717, 1.165) is 5.75 Å². The lowest BCUT2D eigenvalue weighted by atomic mass is 10.5. The highest BCUT2D eigenvalue weighted by molar-refractivity contribution is 8.03. The second-order valence-electron chi connectivity index (χ2n) is 1.39. The molecule has 0 aromatic rings. The molecule has 0 radical (unpaired) electrons. The van der Waals surface area contributed by atoms with E-state index in [9.17, 15) is 4.79 Å². The predicted octanol–water partition coefficient (Wildman–Crippen LogP) is 1.73. The summed E-state index contributed by atoms with van der Waals surface area (Å²) in [4.78, 5) is 10.7. The number of aliphatic carboxylic acids is 1. The van der Waals surface area contributed by atoms with E-state index in [0.29, 0.717) is 4.91 Å². The summed E-state index contributed by atoms with van der Waals surface area (Å²) in [5, 5.41) is 8.42. The molecule has 0 saturated carbocycles. The number of hydrogen-bond acceptors (Lipinski definition) is 2. The van der Waals surface area contributed by atoms with Crippen molar-refractivity contribution in [3.63, 3.8) is 0 Å². The van der Waals surface area contributed by atoms with Crippen molar-refractivity contribution in [3.8, 4) is 0 Å². The lowest BCUT2D eigenvalue weighted by molar-refractivity contribution is -0.131. The molecule has 9 heavy (non-hydrogen) atoms. The van der Waals surface area contributed by atoms with Crippen LogP contribution >= 0.6 is 11.8 Å². The number of carboxylic acid groups (broad SMARTS) is 1. The number of hydrogen-bond donors (Lipinski definition) is 1. The van der Waals surface area contributed by atoms with Gasteiger partial charge in [-0.15, -0.1) is 11.8 Å². The van der Waals surface area contributed by atoms with Crippen molar-refractivity contribution in [1.29, 1.82) is 0 Å². The van der Waals surface area contributed by atoms with E-state index in [1.807, 2.05) is 6.92 Å². The minimum Gasteiger partial charge on any atom is -0.477 e. The first-order valence-corrected chi connectivity index (χ1v) is 3.73. The summed E-state index contributed by atoms with van der Waals surface area (Å²) < 4.78 is 0. The van der Waals surface area contributed by atoms with E-state index in [2.05, 4.69) is 0 Å². The van der Waals surface area contributed by atoms with Gasteiger partial charge in [0.2, 0.25) is 0 Å². The summed E-state index contributed by atoms with van der Waals surface area (Å²) in [6.07, 6.45) is 1.61. The minimum absolute atomic E-state index is 0.428. The van der Waals surface area contributed by atoms with Gasteiger partial charge in [0.15, 0.2) is 0 Å². The molecule has 0 aliphatic heterocycles. The van der Waals surface area contributed by atoms with Crippen molar-refractivity contribution in [2.45, 2.75) is 13.8 Å². The fourth-order valence-electron chi connectivity index (χ4n) is 0.424. The molecule has 2 nitrogen and oxygen atoms in total. The molecule has 52 valence electrons. The number of carboxylic acids is 1. The van der Waals surface area contributed by atoms with Crippen molar-refractivity contribution in [1.82, 2.24) is 0 Å². The Morgan fingerprint density at radius 3 is 2.44 bits per heavy atom. The highest BCUT2D eigenvalue weighted by Crippen LogP contribution is 2.13. The third-order valence-electron chi connectivity index (χ3n) is 0.773. The summed E-state index contributed by atoms with van der Waals surface area (Å²) in [6.45, 7) is 3.66. The van der Waals surface area contributed by atoms with Gasteiger partial charge in [-0.25, -0.2) is 4.79 Å². The third-order valence-corrected chi connectivity index (χ3v) is 1.78. The van der Waals surface area contributed by atoms with Crippen LogP contribution in [0.25, 0.3) is 0 Å². The summed E-state index contributed by atoms with van der Waals surface area (Å²) in [6, 6.07) is 0. The molecule has 1 N–H and O–H groups in total. The lowest BCUT2D eigenvalue weighted by Gasteiger charge is -1.94. The number of allylic oxidation sites excluding steroid dienone is 1. The van der Waals surface area contributed by atoms with Gasteiger partial charge < -0.3 is 5.11 Å². The Hall–Kier alpha value is -0.440. The average Bonchev–Trinajstić information content (AvgIpc) is 1.82. The largest absolute Gasteiger partial charge is 0.477 e. The monoisotopic (exact) mass is 146 g/mol. The molecule has 0 saturated heterocycles. The van der Waals surface area contributed by atoms with E-state index in [1.165, 1.54) is 11.8 Å². The van der Waals surface area contributed by atoms with Crippen molar-refractivity contribution in [3.05, 3.63) is 11.0 Å². The van der Waals surface area contributed by atoms with Crippen molar-refractivity contribution in [2.24, 2.45) is 0 Å². The van der Waals surface area contributed by atoms with Crippen LogP contribution in [0.4, 0.5) is 0 Å². The number of carbonyl (C=O) groups is 1. The van der Waals surface area contributed by atoms with Crippen LogP contribution in [0.2, 0.25) is 0 Å². The summed E-state index contributed by atoms with van der Waals surface area (Å²) in [7, 11) is 0. The molecule has 0 bridgehead atoms. The second-order valence-corrected chi connectivity index (χ2v) is 2.70. The Balaban J connectivity index is 3.85. The van der Waals surface area contributed by atoms with E-state index in [4.69, 9.17) is 5.11 Å². The standard InChI is InChI=1S/C6H10O2S/c1-3-5(6(7)8)9-4-2/h3H,4H2,1-2H3,(H,7,8). The normalized spacial score (nSPS) is 11.6. The molecule has 0 unspecified atom stereocenters. The fourth-order valence-corrected chi connectivity index (χ4v) is 1.03. The van der Waals surface area contributed by atoms with Gasteiger partial charge in [-0.05, 0) is 12.7 Å². The Morgan fingerprint density at radius 2 is 2.33 bits per heavy atom. The van der Waals surface area contributed by atoms with Crippen LogP contribution in [0, 0.1) is 0 Å². The van der Waals surface area contributed by atoms with Crippen LogP contribution < -0.4 is 0 Å². The average molecular weight is 146 g/mol. The van der Waals surface area contributed by atoms with Crippen molar-refractivity contribution in [2.75, 3.05) is 5.75 Å². The van der Waals surface area contributed by atoms with E-state index >= 15 is 0 Å². The first kappa shape index (κ1) is 8.56. The smallest absolute Gasteiger partial charge is 0.341 e. The number of thioether (sulfide) groups is 1. The quantitative estimate of drug-likeness (QED) is 0.616. The molecule has 0 amide bonds. The van der Waals surface area contributed by atoms with Crippen LogP contribution in [0.1, 0.15) is 13.8 Å². The molecule has 0 aliphatic carbocycles. The molecule has 0 rings (SSSR count). The predicted molar refractivity (Wildman–Crippen MR) is 39.5 cm³/mol. The summed E-state index contributed by atoms with van der Waals surface area (Å²) in [5.74, 6) is -0.0178. The molecule has 0 aliphatic rings. The molecule has 0 atom stereocenters. The first-order valence-electron chi connectivity index (χ1n) is 2.74. The molecule has 0 spiro atoms. The van der Waals surface area contributed by atoms with Crippen LogP contribution in [0.15, 0.2) is 11.0 Å². The Bertz CT molecular complexity index is 129. The molecule has 0 fully saturated rings. The maximum absolute atomic E-state index is 10.2. The molecule has 0 aromatic heterocycles. The Morgan fingerprint density at radius 1 is 1.78 bits per heavy atom. The maximum atomic E-state index is 10.2. The zero-order chi connectivity index (χ0) is 7.28. The molecule has 0 aromatic carbocycles. The highest BCUT2D eigenvalue weighted by atomic mass is 32.2. The van der Waals surface area contributed by atoms with Crippen LogP contribution in [0.5, 0.6) is 0 Å². The van der Waals surface area contributed by atoms with Gasteiger partial charge in [-0.3, -0.25) is 0 Å². The van der Waals surface area contributed by atoms with E-state index in [1.54, 1.807) is 13.0 Å². The van der Waals surface area contributed by atoms with Gasteiger partial charge in [-0.1, -0.05) is 13.0 Å². The number of rotatable bonds is 3. The van der Waals surface area contributed by atoms with Crippen LogP contribution in [-0.4, -0.2) is 16.8 Å². The molecular formula is C6H10O2S. The Labute approximate surface area is 59.0 Å². The first-order chi connectivity index (χ1) is 4.22. The lowest BCUT2D eigenvalue weighted by Crippen LogP contribution is -1.95. The maximum Gasteiger partial charge on any atom is 0.341 e. The highest BCUT2D eigenvalue weighted by Gasteiger charge is 2.02. The van der Waals surface area contributed by atoms with Gasteiger partial charge in [-0.2, -0.15) is 0 Å². The molecular weight excluding hydrogens is 136 g/mol. The van der Waals surface area contributed by atoms with E-state index in [-0.39, 0.29) is 0 Å². The zero-order valence-electron chi connectivity index (χ0n) is 5.55. The second kappa shape index (κ2) is 4.44. The van der Waals surface area contributed by atoms with Gasteiger partial charge in [0.1, 0.15) is 0 Å². The van der Waals surface area contributed by atoms with Gasteiger partial charge in [0.05, 0.1) is 4.91 Å². The van der Waals surface area contributed by atoms with Crippen molar-refractivity contribution >= 4 is 17.7 Å². The SMILES string of the molecule is CC=C(SCC)C(=O)O. The molecule has 3 heteroatoms. The van der Waals surface area contributed by atoms with Gasteiger partial charge in [0, 0.05) is 0 Å². The van der Waals surface area contributed by atoms with Crippen LogP contribution in [-0.2, 0) is 4.79 Å². The Kier molecular flexibility index (Phi) is 4.22. The van der Waals surface area contributed by atoms with Gasteiger partial charge >= 0.3 is 5.97 Å². The fraction of sp³-hybridized carbons (Fsp3) is 0.500. The zero-order valence-corrected chi connectivity index (χ0v) is 6.36. The summed E-state index contributed by atoms with van der Waals surface area (Å²) in [5.41, 5.74) is 0. The van der Waals surface area contributed by atoms with Crippen LogP contribution in [0.3, 0.4) is 0 Å². The van der Waals surface area contributed by atoms with Gasteiger partial charge in [0.25, 0.3) is 0 Å². The van der Waals surface area contributed by atoms with Crippen molar-refractivity contribution < 1.29 is 9.90 Å². The molecule has 0 heterocycles. The topological polar surface area (TPSA) is 37.3 Å².